The van der Waals surface area contributed by atoms with Crippen LogP contribution in [0.4, 0.5) is 5.82 Å². The Labute approximate surface area is 87.5 Å². The van der Waals surface area contributed by atoms with Gasteiger partial charge in [-0.3, -0.25) is 0 Å². The van der Waals surface area contributed by atoms with Gasteiger partial charge in [0.05, 0.1) is 0 Å². The molecule has 1 N–H and O–H groups in total. The average molecular weight is 194 g/mol. The van der Waals surface area contributed by atoms with Crippen LogP contribution in [-0.4, -0.2) is 11.2 Å². The molecule has 0 radical (unpaired) electrons. The Morgan fingerprint density at radius 1 is 1.29 bits per heavy atom. The van der Waals surface area contributed by atoms with Crippen molar-refractivity contribution in [3.8, 4) is 0 Å². The third-order valence-electron chi connectivity index (χ3n) is 1.62. The molecule has 14 heavy (non-hydrogen) atoms. The van der Waals surface area contributed by atoms with Gasteiger partial charge < -0.3 is 4.98 Å². The van der Waals surface area contributed by atoms with Gasteiger partial charge in [-0.05, 0) is 31.4 Å². The summed E-state index contributed by atoms with van der Waals surface area (Å²) in [6.07, 6.45) is 1.96. The molecule has 0 bridgehead atoms. The Bertz CT molecular complexity index is 283. The van der Waals surface area contributed by atoms with Crippen LogP contribution >= 0.6 is 0 Å². The Morgan fingerprint density at radius 2 is 1.86 bits per heavy atom. The number of hydrogen-bond donors (Lipinski definition) is 1. The lowest BCUT2D eigenvalue weighted by molar-refractivity contribution is 0.906. The molecule has 0 aliphatic heterocycles. The average Bonchev–Trinajstić information content (AvgIpc) is 2.45. The molecule has 0 spiro atoms. The van der Waals surface area contributed by atoms with E-state index in [1.165, 1.54) is 11.3 Å². The molecule has 80 valence electrons. The largest absolute Gasteiger partial charge is 0.344 e. The molecule has 2 heteroatoms. The highest BCUT2D eigenvalue weighted by Gasteiger charge is 1.98. The predicted molar refractivity (Wildman–Crippen MR) is 64.6 cm³/mol. The number of nitrogens with zero attached hydrogens (tertiary/aromatic N) is 1. The molecule has 1 aromatic heterocycles. The Hall–Kier alpha value is -1.05. The molecule has 1 heterocycles. The summed E-state index contributed by atoms with van der Waals surface area (Å²) in [6.45, 7) is 12.3. The summed E-state index contributed by atoms with van der Waals surface area (Å²) in [5, 5.41) is 0. The van der Waals surface area contributed by atoms with Crippen molar-refractivity contribution in [2.24, 2.45) is 10.9 Å². The van der Waals surface area contributed by atoms with Crippen molar-refractivity contribution < 1.29 is 0 Å². The van der Waals surface area contributed by atoms with Gasteiger partial charge >= 0.3 is 0 Å². The van der Waals surface area contributed by atoms with Gasteiger partial charge in [0.25, 0.3) is 0 Å². The fourth-order valence-electron chi connectivity index (χ4n) is 1.07. The first kappa shape index (κ1) is 12.9. The summed E-state index contributed by atoms with van der Waals surface area (Å²) < 4.78 is 0. The van der Waals surface area contributed by atoms with E-state index in [1.807, 2.05) is 27.0 Å². The van der Waals surface area contributed by atoms with Crippen LogP contribution in [0.15, 0.2) is 11.1 Å². The van der Waals surface area contributed by atoms with E-state index in [4.69, 9.17) is 0 Å². The first-order valence-electron chi connectivity index (χ1n) is 5.30. The molecule has 1 aromatic rings. The minimum atomic E-state index is 0.507. The van der Waals surface area contributed by atoms with Gasteiger partial charge in [-0.15, -0.1) is 0 Å². The Balaban J connectivity index is 0.000000791. The van der Waals surface area contributed by atoms with Gasteiger partial charge in [0, 0.05) is 11.9 Å². The second-order valence-electron chi connectivity index (χ2n) is 3.51. The fraction of sp³-hybridized carbons (Fsp3) is 0.583. The molecule has 0 fully saturated rings. The molecule has 2 nitrogen and oxygen atoms in total. The van der Waals surface area contributed by atoms with Crippen LogP contribution < -0.4 is 0 Å². The van der Waals surface area contributed by atoms with Crippen LogP contribution in [0.25, 0.3) is 0 Å². The number of hydrogen-bond acceptors (Lipinski definition) is 1. The van der Waals surface area contributed by atoms with Crippen molar-refractivity contribution in [1.82, 2.24) is 4.98 Å². The number of H-pyrrole nitrogens is 1. The highest BCUT2D eigenvalue weighted by molar-refractivity contribution is 5.65. The zero-order valence-electron chi connectivity index (χ0n) is 10.2. The highest BCUT2D eigenvalue weighted by Crippen LogP contribution is 2.17. The minimum Gasteiger partial charge on any atom is -0.344 e. The molecule has 0 aliphatic carbocycles. The first-order chi connectivity index (χ1) is 6.59. The molecule has 0 saturated carbocycles. The second kappa shape index (κ2) is 6.41. The standard InChI is InChI=1S/C10H16N2.C2H6/c1-7(2)6-11-10-8(3)5-9(4)12-10;1-2/h5-7,12H,1-4H3;1-2H3/b11-6-;. The second-order valence-corrected chi connectivity index (χ2v) is 3.51. The summed E-state index contributed by atoms with van der Waals surface area (Å²) in [5.41, 5.74) is 2.38. The molecule has 0 aromatic carbocycles. The number of aromatic amines is 1. The number of aromatic nitrogens is 1. The van der Waals surface area contributed by atoms with Gasteiger partial charge in [0.1, 0.15) is 5.82 Å². The lowest BCUT2D eigenvalue weighted by atomic mass is 10.2. The molecule has 0 aliphatic rings. The van der Waals surface area contributed by atoms with Crippen molar-refractivity contribution in [3.05, 3.63) is 17.3 Å². The molecule has 1 rings (SSSR count). The molecule has 0 atom stereocenters. The third kappa shape index (κ3) is 4.26. The number of aliphatic imine (C=N–C) groups is 1. The van der Waals surface area contributed by atoms with Gasteiger partial charge in [-0.1, -0.05) is 27.7 Å². The first-order valence-corrected chi connectivity index (χ1v) is 5.30. The number of nitrogens with one attached hydrogen (secondary N) is 1. The summed E-state index contributed by atoms with van der Waals surface area (Å²) in [4.78, 5) is 7.55. The van der Waals surface area contributed by atoms with Gasteiger partial charge in [0.15, 0.2) is 0 Å². The van der Waals surface area contributed by atoms with Gasteiger partial charge in [-0.25, -0.2) is 4.99 Å². The Kier molecular flexibility index (Phi) is 5.93. The topological polar surface area (TPSA) is 28.1 Å². The summed E-state index contributed by atoms with van der Waals surface area (Å²) >= 11 is 0. The lowest BCUT2D eigenvalue weighted by Crippen LogP contribution is -1.85. The summed E-state index contributed by atoms with van der Waals surface area (Å²) in [7, 11) is 0. The molecule has 0 unspecified atom stereocenters. The van der Waals surface area contributed by atoms with Crippen LogP contribution in [0.1, 0.15) is 39.0 Å². The Morgan fingerprint density at radius 3 is 2.21 bits per heavy atom. The smallest absolute Gasteiger partial charge is 0.132 e. The van der Waals surface area contributed by atoms with Crippen molar-refractivity contribution in [3.63, 3.8) is 0 Å². The van der Waals surface area contributed by atoms with Crippen LogP contribution in [0, 0.1) is 19.8 Å². The van der Waals surface area contributed by atoms with E-state index in [9.17, 15) is 0 Å². The monoisotopic (exact) mass is 194 g/mol. The molecule has 0 saturated heterocycles. The maximum Gasteiger partial charge on any atom is 0.132 e. The lowest BCUT2D eigenvalue weighted by Gasteiger charge is -1.93. The molecular formula is C12H22N2. The zero-order valence-corrected chi connectivity index (χ0v) is 10.2. The predicted octanol–water partition coefficient (Wildman–Crippen LogP) is 4.02. The van der Waals surface area contributed by atoms with Crippen LogP contribution in [0.2, 0.25) is 0 Å². The third-order valence-corrected chi connectivity index (χ3v) is 1.62. The van der Waals surface area contributed by atoms with E-state index in [0.717, 1.165) is 5.82 Å². The number of rotatable bonds is 2. The quantitative estimate of drug-likeness (QED) is 0.689. The van der Waals surface area contributed by atoms with E-state index in [0.29, 0.717) is 5.92 Å². The minimum absolute atomic E-state index is 0.507. The van der Waals surface area contributed by atoms with Crippen LogP contribution in [0.3, 0.4) is 0 Å². The highest BCUT2D eigenvalue weighted by atomic mass is 14.9. The van der Waals surface area contributed by atoms with Crippen molar-refractivity contribution in [1.29, 1.82) is 0 Å². The number of aryl methyl sites for hydroxylation is 2. The van der Waals surface area contributed by atoms with E-state index < -0.39 is 0 Å². The van der Waals surface area contributed by atoms with E-state index in [1.54, 1.807) is 0 Å². The van der Waals surface area contributed by atoms with Crippen molar-refractivity contribution in [2.75, 3.05) is 0 Å². The van der Waals surface area contributed by atoms with Crippen LogP contribution in [0.5, 0.6) is 0 Å². The maximum absolute atomic E-state index is 4.35. The molecular weight excluding hydrogens is 172 g/mol. The maximum atomic E-state index is 4.35. The SMILES string of the molecule is CC.Cc1cc(C)c(/N=C\C(C)C)[nH]1. The summed E-state index contributed by atoms with van der Waals surface area (Å²) in [6, 6.07) is 2.10. The van der Waals surface area contributed by atoms with E-state index in [2.05, 4.69) is 36.8 Å². The normalized spacial score (nSPS) is 10.5. The zero-order chi connectivity index (χ0) is 11.1. The molecule has 0 amide bonds. The van der Waals surface area contributed by atoms with Crippen molar-refractivity contribution >= 4 is 12.0 Å². The fourth-order valence-corrected chi connectivity index (χ4v) is 1.07. The van der Waals surface area contributed by atoms with Crippen LogP contribution in [-0.2, 0) is 0 Å². The van der Waals surface area contributed by atoms with Gasteiger partial charge in [-0.2, -0.15) is 0 Å². The van der Waals surface area contributed by atoms with Crippen molar-refractivity contribution in [2.45, 2.75) is 41.5 Å². The van der Waals surface area contributed by atoms with Gasteiger partial charge in [0.2, 0.25) is 0 Å². The summed E-state index contributed by atoms with van der Waals surface area (Å²) in [5.74, 6) is 1.49. The van der Waals surface area contributed by atoms with E-state index >= 15 is 0 Å². The van der Waals surface area contributed by atoms with E-state index in [-0.39, 0.29) is 0 Å².